The smallest absolute Gasteiger partial charge is 0.315 e. The Bertz CT molecular complexity index is 2190. The van der Waals surface area contributed by atoms with E-state index in [0.29, 0.717) is 42.5 Å². The van der Waals surface area contributed by atoms with E-state index in [4.69, 9.17) is 48.7 Å². The first kappa shape index (κ1) is 30.1. The summed E-state index contributed by atoms with van der Waals surface area (Å²) in [5.74, 6) is 0.423. The Balaban J connectivity index is 1.44. The zero-order valence-corrected chi connectivity index (χ0v) is 25.6. The van der Waals surface area contributed by atoms with Gasteiger partial charge in [0.25, 0.3) is 5.56 Å². The Morgan fingerprint density at radius 2 is 1.78 bits per heavy atom. The van der Waals surface area contributed by atoms with Gasteiger partial charge in [-0.1, -0.05) is 53.0 Å². The van der Waals surface area contributed by atoms with Crippen molar-refractivity contribution >= 4 is 68.6 Å². The minimum absolute atomic E-state index is 0.0748. The molecule has 0 N–H and O–H groups in total. The average Bonchev–Trinajstić information content (AvgIpc) is 3.43. The molecule has 0 aliphatic rings. The highest BCUT2D eigenvalue weighted by Crippen LogP contribution is 2.39. The van der Waals surface area contributed by atoms with Crippen LogP contribution in [0.4, 0.5) is 5.69 Å². The number of para-hydroxylation sites is 1. The summed E-state index contributed by atoms with van der Waals surface area (Å²) in [5.41, 5.74) is 0.991. The van der Waals surface area contributed by atoms with Gasteiger partial charge in [0.15, 0.2) is 11.5 Å². The molecule has 0 fully saturated rings. The summed E-state index contributed by atoms with van der Waals surface area (Å²) < 4.78 is 18.7. The number of furan rings is 1. The highest BCUT2D eigenvalue weighted by Gasteiger charge is 2.23. The van der Waals surface area contributed by atoms with Gasteiger partial charge in [-0.05, 0) is 61.5 Å². The first-order valence-electron chi connectivity index (χ1n) is 13.5. The molecular formula is C32H21Cl3N4O6. The highest BCUT2D eigenvalue weighted by molar-refractivity contribution is 6.35. The lowest BCUT2D eigenvalue weighted by atomic mass is 10.1. The molecule has 45 heavy (non-hydrogen) atoms. The number of fused-ring (bicyclic) bond motifs is 2. The highest BCUT2D eigenvalue weighted by atomic mass is 35.5. The lowest BCUT2D eigenvalue weighted by Gasteiger charge is -2.14. The SMILES string of the molecule is CCOc1cc(C=Nn2c(-c3cc4cc(Cl)ccc4o3)nc3ccccc3c2=O)cc([N+](=O)[O-])c1OCc1ccc(Cl)cc1Cl. The van der Waals surface area contributed by atoms with Gasteiger partial charge in [0.2, 0.25) is 11.6 Å². The lowest BCUT2D eigenvalue weighted by molar-refractivity contribution is -0.386. The number of aromatic nitrogens is 2. The Morgan fingerprint density at radius 1 is 1.00 bits per heavy atom. The van der Waals surface area contributed by atoms with E-state index in [9.17, 15) is 14.9 Å². The third-order valence-electron chi connectivity index (χ3n) is 6.72. The second-order valence-corrected chi connectivity index (χ2v) is 11.0. The van der Waals surface area contributed by atoms with Gasteiger partial charge in [0, 0.05) is 37.6 Å². The summed E-state index contributed by atoms with van der Waals surface area (Å²) in [6.45, 7) is 1.86. The van der Waals surface area contributed by atoms with Crippen molar-refractivity contribution in [3.05, 3.63) is 126 Å². The Hall–Kier alpha value is -4.90. The molecule has 10 nitrogen and oxygen atoms in total. The molecule has 4 aromatic carbocycles. The molecule has 2 aromatic heterocycles. The van der Waals surface area contributed by atoms with Crippen molar-refractivity contribution in [2.45, 2.75) is 13.5 Å². The van der Waals surface area contributed by atoms with Crippen LogP contribution < -0.4 is 15.0 Å². The van der Waals surface area contributed by atoms with Crippen molar-refractivity contribution < 1.29 is 18.8 Å². The number of hydrogen-bond acceptors (Lipinski definition) is 8. The van der Waals surface area contributed by atoms with Crippen LogP contribution in [0.25, 0.3) is 33.5 Å². The van der Waals surface area contributed by atoms with Crippen molar-refractivity contribution in [2.24, 2.45) is 5.10 Å². The molecule has 0 amide bonds. The summed E-state index contributed by atoms with van der Waals surface area (Å²) in [6, 6.07) is 21.3. The minimum atomic E-state index is -0.590. The van der Waals surface area contributed by atoms with E-state index in [2.05, 4.69) is 10.1 Å². The molecule has 0 unspecified atom stereocenters. The van der Waals surface area contributed by atoms with E-state index in [0.717, 1.165) is 4.68 Å². The van der Waals surface area contributed by atoms with Crippen molar-refractivity contribution in [1.82, 2.24) is 9.66 Å². The van der Waals surface area contributed by atoms with Gasteiger partial charge < -0.3 is 13.9 Å². The largest absolute Gasteiger partial charge is 0.490 e. The maximum Gasteiger partial charge on any atom is 0.315 e. The number of nitrogens with zero attached hydrogens (tertiary/aromatic N) is 4. The van der Waals surface area contributed by atoms with Gasteiger partial charge in [-0.3, -0.25) is 14.9 Å². The zero-order chi connectivity index (χ0) is 31.7. The van der Waals surface area contributed by atoms with Crippen LogP contribution in [0.3, 0.4) is 0 Å². The van der Waals surface area contributed by atoms with Crippen LogP contribution in [0.15, 0.2) is 93.2 Å². The van der Waals surface area contributed by atoms with Crippen LogP contribution in [0.2, 0.25) is 15.1 Å². The number of nitro benzene ring substituents is 1. The topological polar surface area (TPSA) is 122 Å². The second-order valence-electron chi connectivity index (χ2n) is 9.69. The van der Waals surface area contributed by atoms with Gasteiger partial charge in [-0.25, -0.2) is 4.98 Å². The molecular weight excluding hydrogens is 643 g/mol. The third kappa shape index (κ3) is 6.21. The van der Waals surface area contributed by atoms with Gasteiger partial charge in [0.05, 0.1) is 28.6 Å². The van der Waals surface area contributed by atoms with Crippen LogP contribution in [0.1, 0.15) is 18.1 Å². The molecule has 0 aliphatic heterocycles. The van der Waals surface area contributed by atoms with Crippen LogP contribution in [-0.2, 0) is 6.61 Å². The van der Waals surface area contributed by atoms with Gasteiger partial charge >= 0.3 is 5.69 Å². The quantitative estimate of drug-likeness (QED) is 0.0863. The maximum atomic E-state index is 13.7. The van der Waals surface area contributed by atoms with E-state index in [1.165, 1.54) is 18.3 Å². The van der Waals surface area contributed by atoms with E-state index >= 15 is 0 Å². The number of ether oxygens (including phenoxy) is 2. The molecule has 0 saturated heterocycles. The first-order chi connectivity index (χ1) is 21.7. The number of nitro groups is 1. The zero-order valence-electron chi connectivity index (χ0n) is 23.4. The Morgan fingerprint density at radius 3 is 2.56 bits per heavy atom. The molecule has 0 atom stereocenters. The molecule has 0 radical (unpaired) electrons. The average molecular weight is 664 g/mol. The number of benzene rings is 4. The molecule has 0 aliphatic carbocycles. The summed E-state index contributed by atoms with van der Waals surface area (Å²) in [4.78, 5) is 29.9. The second kappa shape index (κ2) is 12.6. The third-order valence-corrected chi connectivity index (χ3v) is 7.54. The van der Waals surface area contributed by atoms with Gasteiger partial charge in [-0.15, -0.1) is 0 Å². The minimum Gasteiger partial charge on any atom is -0.490 e. The van der Waals surface area contributed by atoms with Crippen molar-refractivity contribution in [3.63, 3.8) is 0 Å². The van der Waals surface area contributed by atoms with Crippen molar-refractivity contribution in [3.8, 4) is 23.1 Å². The van der Waals surface area contributed by atoms with Crippen LogP contribution in [0, 0.1) is 10.1 Å². The molecule has 226 valence electrons. The maximum absolute atomic E-state index is 13.7. The summed E-state index contributed by atoms with van der Waals surface area (Å²) >= 11 is 18.4. The molecule has 6 rings (SSSR count). The summed E-state index contributed by atoms with van der Waals surface area (Å²) in [6.07, 6.45) is 1.30. The van der Waals surface area contributed by atoms with E-state index < -0.39 is 10.5 Å². The fraction of sp³-hybridized carbons (Fsp3) is 0.0938. The summed E-state index contributed by atoms with van der Waals surface area (Å²) in [5, 5.41) is 18.9. The number of rotatable bonds is 9. The summed E-state index contributed by atoms with van der Waals surface area (Å²) in [7, 11) is 0. The fourth-order valence-electron chi connectivity index (χ4n) is 4.65. The molecule has 0 bridgehead atoms. The monoisotopic (exact) mass is 662 g/mol. The normalized spacial score (nSPS) is 11.5. The van der Waals surface area contributed by atoms with E-state index in [1.807, 2.05) is 0 Å². The predicted octanol–water partition coefficient (Wildman–Crippen LogP) is 8.54. The molecule has 2 heterocycles. The van der Waals surface area contributed by atoms with Gasteiger partial charge in [0.1, 0.15) is 12.2 Å². The van der Waals surface area contributed by atoms with E-state index in [1.54, 1.807) is 73.7 Å². The molecule has 0 spiro atoms. The lowest BCUT2D eigenvalue weighted by Crippen LogP contribution is -2.20. The van der Waals surface area contributed by atoms with Crippen molar-refractivity contribution in [1.29, 1.82) is 0 Å². The fourth-order valence-corrected chi connectivity index (χ4v) is 5.30. The van der Waals surface area contributed by atoms with Crippen LogP contribution in [-0.4, -0.2) is 27.4 Å². The van der Waals surface area contributed by atoms with Gasteiger partial charge in [-0.2, -0.15) is 9.78 Å². The van der Waals surface area contributed by atoms with Crippen molar-refractivity contribution in [2.75, 3.05) is 6.61 Å². The number of halogens is 3. The first-order valence-corrected chi connectivity index (χ1v) is 14.6. The molecule has 6 aromatic rings. The Labute approximate surface area is 270 Å². The standard InChI is InChI=1S/C32H21Cl3N4O6/c1-2-43-28-12-18(11-26(39(41)42)30(28)44-17-19-7-8-22(34)15-24(19)35)16-36-38-31(37-25-6-4-3-5-23(25)32(38)40)29-14-20-13-21(33)9-10-27(20)45-29/h3-16H,2,17H2,1H3. The molecule has 0 saturated carbocycles. The van der Waals surface area contributed by atoms with E-state index in [-0.39, 0.29) is 47.5 Å². The Kier molecular flexibility index (Phi) is 8.44. The number of hydrogen-bond donors (Lipinski definition) is 0. The predicted molar refractivity (Wildman–Crippen MR) is 174 cm³/mol. The van der Waals surface area contributed by atoms with Crippen LogP contribution >= 0.6 is 34.8 Å². The van der Waals surface area contributed by atoms with Crippen LogP contribution in [0.5, 0.6) is 11.5 Å². The molecule has 13 heteroatoms.